The van der Waals surface area contributed by atoms with Gasteiger partial charge in [-0.3, -0.25) is 0 Å². The van der Waals surface area contributed by atoms with Crippen LogP contribution in [0, 0.1) is 0 Å². The minimum Gasteiger partial charge on any atom is -0.395 e. The molecular weight excluding hydrogens is 344 g/mol. The van der Waals surface area contributed by atoms with Gasteiger partial charge in [0.1, 0.15) is 0 Å². The van der Waals surface area contributed by atoms with Crippen LogP contribution in [0.5, 0.6) is 0 Å². The van der Waals surface area contributed by atoms with E-state index in [0.717, 1.165) is 5.56 Å². The van der Waals surface area contributed by atoms with Crippen LogP contribution in [0.1, 0.15) is 5.56 Å². The molecule has 0 saturated carbocycles. The lowest BCUT2D eigenvalue weighted by molar-refractivity contribution is 0.260. The standard InChI is InChI=1S/C13H19BrN2O3S/c1-3-6-16(7-8-17)20(18,19)13-9-11(10-15-2)4-5-12(13)14/h3-5,9,15,17H,1,6-8,10H2,2H3. The monoisotopic (exact) mass is 362 g/mol. The van der Waals surface area contributed by atoms with E-state index in [0.29, 0.717) is 11.0 Å². The highest BCUT2D eigenvalue weighted by Gasteiger charge is 2.25. The van der Waals surface area contributed by atoms with Crippen molar-refractivity contribution < 1.29 is 13.5 Å². The quantitative estimate of drug-likeness (QED) is 0.684. The minimum absolute atomic E-state index is 0.0387. The third-order valence-corrected chi connectivity index (χ3v) is 5.54. The molecule has 0 amide bonds. The summed E-state index contributed by atoms with van der Waals surface area (Å²) >= 11 is 3.27. The predicted octanol–water partition coefficient (Wildman–Crippen LogP) is 1.34. The number of halogens is 1. The Balaban J connectivity index is 3.24. The average Bonchev–Trinajstić information content (AvgIpc) is 2.41. The number of aliphatic hydroxyl groups is 1. The first-order valence-electron chi connectivity index (χ1n) is 6.12. The van der Waals surface area contributed by atoms with E-state index >= 15 is 0 Å². The Kier molecular flexibility index (Phi) is 6.84. The van der Waals surface area contributed by atoms with Gasteiger partial charge in [0, 0.05) is 24.1 Å². The highest BCUT2D eigenvalue weighted by molar-refractivity contribution is 9.10. The summed E-state index contributed by atoms with van der Waals surface area (Å²) in [5, 5.41) is 12.0. The largest absolute Gasteiger partial charge is 0.395 e. The van der Waals surface area contributed by atoms with Crippen LogP contribution < -0.4 is 5.32 Å². The zero-order chi connectivity index (χ0) is 15.2. The summed E-state index contributed by atoms with van der Waals surface area (Å²) in [6.45, 7) is 4.09. The molecule has 0 atom stereocenters. The van der Waals surface area contributed by atoms with Gasteiger partial charge in [0.2, 0.25) is 10.0 Å². The van der Waals surface area contributed by atoms with Crippen LogP contribution in [0.4, 0.5) is 0 Å². The van der Waals surface area contributed by atoms with Crippen molar-refractivity contribution in [3.63, 3.8) is 0 Å². The van der Waals surface area contributed by atoms with E-state index in [9.17, 15) is 8.42 Å². The van der Waals surface area contributed by atoms with Gasteiger partial charge < -0.3 is 10.4 Å². The molecule has 1 aromatic rings. The molecule has 0 fully saturated rings. The number of nitrogens with zero attached hydrogens (tertiary/aromatic N) is 1. The first-order chi connectivity index (χ1) is 9.47. The molecule has 1 aromatic carbocycles. The van der Waals surface area contributed by atoms with E-state index in [2.05, 4.69) is 27.8 Å². The highest BCUT2D eigenvalue weighted by Crippen LogP contribution is 2.26. The molecule has 0 unspecified atom stereocenters. The fraction of sp³-hybridized carbons (Fsp3) is 0.385. The molecule has 0 spiro atoms. The fourth-order valence-corrected chi connectivity index (χ4v) is 4.14. The summed E-state index contributed by atoms with van der Waals surface area (Å²) in [7, 11) is -1.87. The van der Waals surface area contributed by atoms with Crippen molar-refractivity contribution in [2.45, 2.75) is 11.4 Å². The van der Waals surface area contributed by atoms with Crippen LogP contribution in [0.2, 0.25) is 0 Å². The molecule has 112 valence electrons. The van der Waals surface area contributed by atoms with Crippen LogP contribution in [0.25, 0.3) is 0 Å². The molecule has 2 N–H and O–H groups in total. The van der Waals surface area contributed by atoms with Gasteiger partial charge in [-0.2, -0.15) is 4.31 Å². The lowest BCUT2D eigenvalue weighted by Crippen LogP contribution is -2.34. The van der Waals surface area contributed by atoms with Crippen molar-refractivity contribution in [3.05, 3.63) is 40.9 Å². The first kappa shape index (κ1) is 17.3. The van der Waals surface area contributed by atoms with Gasteiger partial charge in [-0.25, -0.2) is 8.42 Å². The Morgan fingerprint density at radius 2 is 2.20 bits per heavy atom. The maximum absolute atomic E-state index is 12.6. The van der Waals surface area contributed by atoms with Gasteiger partial charge in [0.25, 0.3) is 0 Å². The second-order valence-electron chi connectivity index (χ2n) is 4.17. The number of hydrogen-bond acceptors (Lipinski definition) is 4. The summed E-state index contributed by atoms with van der Waals surface area (Å²) in [4.78, 5) is 0.195. The van der Waals surface area contributed by atoms with Gasteiger partial charge in [-0.15, -0.1) is 6.58 Å². The predicted molar refractivity (Wildman–Crippen MR) is 82.9 cm³/mol. The average molecular weight is 363 g/mol. The van der Waals surface area contributed by atoms with Crippen LogP contribution in [0.15, 0.2) is 40.2 Å². The van der Waals surface area contributed by atoms with Crippen molar-refractivity contribution in [2.75, 3.05) is 26.7 Å². The number of rotatable bonds is 8. The number of benzene rings is 1. The molecule has 0 aliphatic heterocycles. The lowest BCUT2D eigenvalue weighted by atomic mass is 10.2. The molecule has 0 aliphatic rings. The van der Waals surface area contributed by atoms with Crippen molar-refractivity contribution in [3.8, 4) is 0 Å². The molecular formula is C13H19BrN2O3S. The van der Waals surface area contributed by atoms with Gasteiger partial charge in [-0.05, 0) is 40.7 Å². The van der Waals surface area contributed by atoms with Crippen LogP contribution in [-0.4, -0.2) is 44.6 Å². The van der Waals surface area contributed by atoms with E-state index in [1.54, 1.807) is 19.2 Å². The number of sulfonamides is 1. The highest BCUT2D eigenvalue weighted by atomic mass is 79.9. The lowest BCUT2D eigenvalue weighted by Gasteiger charge is -2.21. The fourth-order valence-electron chi connectivity index (χ4n) is 1.76. The van der Waals surface area contributed by atoms with Crippen LogP contribution in [-0.2, 0) is 16.6 Å². The Hall–Kier alpha value is -0.730. The van der Waals surface area contributed by atoms with E-state index in [-0.39, 0.29) is 24.6 Å². The van der Waals surface area contributed by atoms with Crippen LogP contribution >= 0.6 is 15.9 Å². The second kappa shape index (κ2) is 7.90. The van der Waals surface area contributed by atoms with Crippen LogP contribution in [0.3, 0.4) is 0 Å². The topological polar surface area (TPSA) is 69.6 Å². The maximum atomic E-state index is 12.6. The smallest absolute Gasteiger partial charge is 0.244 e. The van der Waals surface area contributed by atoms with Crippen molar-refractivity contribution in [2.24, 2.45) is 0 Å². The Morgan fingerprint density at radius 3 is 2.75 bits per heavy atom. The second-order valence-corrected chi connectivity index (χ2v) is 6.93. The van der Waals surface area contributed by atoms with E-state index < -0.39 is 10.0 Å². The van der Waals surface area contributed by atoms with Gasteiger partial charge in [0.15, 0.2) is 0 Å². The molecule has 0 aliphatic carbocycles. The molecule has 7 heteroatoms. The normalized spacial score (nSPS) is 11.8. The molecule has 20 heavy (non-hydrogen) atoms. The first-order valence-corrected chi connectivity index (χ1v) is 8.35. The molecule has 5 nitrogen and oxygen atoms in total. The Morgan fingerprint density at radius 1 is 1.50 bits per heavy atom. The van der Waals surface area contributed by atoms with Crippen molar-refractivity contribution in [1.82, 2.24) is 9.62 Å². The van der Waals surface area contributed by atoms with Crippen molar-refractivity contribution in [1.29, 1.82) is 0 Å². The summed E-state index contributed by atoms with van der Waals surface area (Å²) in [5.41, 5.74) is 0.872. The van der Waals surface area contributed by atoms with E-state index in [1.807, 2.05) is 6.07 Å². The van der Waals surface area contributed by atoms with Gasteiger partial charge in [-0.1, -0.05) is 12.1 Å². The number of aliphatic hydroxyl groups excluding tert-OH is 1. The third-order valence-electron chi connectivity index (χ3n) is 2.68. The minimum atomic E-state index is -3.67. The molecule has 0 aromatic heterocycles. The van der Waals surface area contributed by atoms with Gasteiger partial charge in [0.05, 0.1) is 11.5 Å². The van der Waals surface area contributed by atoms with E-state index in [1.165, 1.54) is 10.4 Å². The zero-order valence-electron chi connectivity index (χ0n) is 11.3. The zero-order valence-corrected chi connectivity index (χ0v) is 13.7. The number of hydrogen-bond donors (Lipinski definition) is 2. The Labute approximate surface area is 128 Å². The Bertz CT molecular complexity index is 561. The molecule has 1 rings (SSSR count). The molecule has 0 heterocycles. The van der Waals surface area contributed by atoms with Gasteiger partial charge >= 0.3 is 0 Å². The maximum Gasteiger partial charge on any atom is 0.244 e. The van der Waals surface area contributed by atoms with E-state index in [4.69, 9.17) is 5.11 Å². The molecule has 0 radical (unpaired) electrons. The third kappa shape index (κ3) is 4.13. The molecule has 0 bridgehead atoms. The van der Waals surface area contributed by atoms with Crippen molar-refractivity contribution >= 4 is 26.0 Å². The summed E-state index contributed by atoms with van der Waals surface area (Å²) < 4.78 is 26.9. The summed E-state index contributed by atoms with van der Waals surface area (Å²) in [6.07, 6.45) is 1.50. The number of nitrogens with one attached hydrogen (secondary N) is 1. The summed E-state index contributed by atoms with van der Waals surface area (Å²) in [6, 6.07) is 5.19. The SMILES string of the molecule is C=CCN(CCO)S(=O)(=O)c1cc(CNC)ccc1Br. The summed E-state index contributed by atoms with van der Waals surface area (Å²) in [5.74, 6) is 0. The molecule has 0 saturated heterocycles.